The summed E-state index contributed by atoms with van der Waals surface area (Å²) < 4.78 is 48.7. The summed E-state index contributed by atoms with van der Waals surface area (Å²) in [6.07, 6.45) is -3.41. The summed E-state index contributed by atoms with van der Waals surface area (Å²) in [4.78, 5) is 52.5. The third kappa shape index (κ3) is 13.9. The molecular formula is C42H69NO15. The number of likely N-dealkylation sites (N-methyl/N-ethyl adjacent to an activating group) is 1. The van der Waals surface area contributed by atoms with Gasteiger partial charge in [-0.1, -0.05) is 45.1 Å². The Morgan fingerprint density at radius 1 is 0.983 bits per heavy atom. The lowest BCUT2D eigenvalue weighted by Gasteiger charge is -2.50. The molecule has 332 valence electrons. The molecule has 0 aromatic rings. The van der Waals surface area contributed by atoms with Crippen LogP contribution < -0.4 is 0 Å². The first-order valence-electron chi connectivity index (χ1n) is 20.6. The molecule has 3 heterocycles. The Balaban J connectivity index is 2.00. The fourth-order valence-electron chi connectivity index (χ4n) is 8.00. The quantitative estimate of drug-likeness (QED) is 0.139. The predicted molar refractivity (Wildman–Crippen MR) is 210 cm³/mol. The maximum atomic E-state index is 13.3. The van der Waals surface area contributed by atoms with Crippen LogP contribution in [0.4, 0.5) is 0 Å². The summed E-state index contributed by atoms with van der Waals surface area (Å²) in [5.74, 6) is -2.79. The van der Waals surface area contributed by atoms with Gasteiger partial charge in [0, 0.05) is 39.2 Å². The van der Waals surface area contributed by atoms with Gasteiger partial charge in [-0.15, -0.1) is 0 Å². The lowest BCUT2D eigenvalue weighted by atomic mass is 9.82. The van der Waals surface area contributed by atoms with Crippen molar-refractivity contribution < 1.29 is 72.4 Å². The molecule has 3 aliphatic rings. The highest BCUT2D eigenvalue weighted by Gasteiger charge is 2.53. The van der Waals surface area contributed by atoms with Crippen molar-refractivity contribution in [1.82, 2.24) is 4.90 Å². The Bertz CT molecular complexity index is 1370. The van der Waals surface area contributed by atoms with Crippen LogP contribution in [0, 0.1) is 11.8 Å². The highest BCUT2D eigenvalue weighted by molar-refractivity contribution is 5.72. The number of cyclic esters (lactones) is 1. The first kappa shape index (κ1) is 49.6. The number of carbonyl (C=O) groups excluding carboxylic acids is 4. The van der Waals surface area contributed by atoms with E-state index in [0.717, 1.165) is 6.29 Å². The van der Waals surface area contributed by atoms with Crippen LogP contribution in [0.15, 0.2) is 24.3 Å². The molecule has 0 radical (unpaired) electrons. The Labute approximate surface area is 343 Å². The second-order valence-electron chi connectivity index (χ2n) is 16.3. The number of aliphatic hydroxyl groups excluding tert-OH is 2. The number of allylic oxidation sites excluding steroid dienone is 2. The molecule has 0 aliphatic carbocycles. The van der Waals surface area contributed by atoms with Crippen molar-refractivity contribution in [2.24, 2.45) is 11.8 Å². The Kier molecular flexibility index (Phi) is 19.9. The minimum atomic E-state index is -1.49. The van der Waals surface area contributed by atoms with Crippen LogP contribution in [0.3, 0.4) is 0 Å². The zero-order valence-electron chi connectivity index (χ0n) is 35.9. The average molecular weight is 828 g/mol. The van der Waals surface area contributed by atoms with Crippen molar-refractivity contribution in [3.63, 3.8) is 0 Å². The molecule has 0 bridgehead atoms. The van der Waals surface area contributed by atoms with E-state index in [1.807, 2.05) is 19.9 Å². The summed E-state index contributed by atoms with van der Waals surface area (Å²) in [5, 5.41) is 34.6. The summed E-state index contributed by atoms with van der Waals surface area (Å²) in [5.41, 5.74) is -1.49. The van der Waals surface area contributed by atoms with E-state index in [2.05, 4.69) is 0 Å². The fourth-order valence-corrected chi connectivity index (χ4v) is 8.00. The smallest absolute Gasteiger partial charge is 0.309 e. The van der Waals surface area contributed by atoms with E-state index in [4.69, 9.17) is 37.9 Å². The number of hydrogen-bond donors (Lipinski definition) is 3. The highest BCUT2D eigenvalue weighted by atomic mass is 16.7. The van der Waals surface area contributed by atoms with Gasteiger partial charge in [0.25, 0.3) is 0 Å². The normalized spacial score (nSPS) is 40.6. The summed E-state index contributed by atoms with van der Waals surface area (Å²) in [6, 6.07) is -0.779. The number of rotatable bonds is 13. The second kappa shape index (κ2) is 23.3. The van der Waals surface area contributed by atoms with Crippen molar-refractivity contribution in [2.45, 2.75) is 185 Å². The van der Waals surface area contributed by atoms with Crippen LogP contribution in [0.1, 0.15) is 99.8 Å². The number of carbonyl (C=O) groups is 4. The Hall–Kier alpha value is -2.80. The lowest BCUT2D eigenvalue weighted by molar-refractivity contribution is -0.344. The van der Waals surface area contributed by atoms with Crippen LogP contribution >= 0.6 is 0 Å². The van der Waals surface area contributed by atoms with Crippen LogP contribution in [-0.2, 0) is 57.1 Å². The van der Waals surface area contributed by atoms with E-state index in [-0.39, 0.29) is 32.1 Å². The maximum Gasteiger partial charge on any atom is 0.309 e. The minimum absolute atomic E-state index is 0.000517. The first-order chi connectivity index (χ1) is 27.4. The summed E-state index contributed by atoms with van der Waals surface area (Å²) in [6.45, 7) is 12.0. The predicted octanol–water partition coefficient (Wildman–Crippen LogP) is 3.16. The topological polar surface area (TPSA) is 206 Å². The van der Waals surface area contributed by atoms with Crippen LogP contribution in [0.5, 0.6) is 0 Å². The van der Waals surface area contributed by atoms with Crippen LogP contribution in [0.2, 0.25) is 0 Å². The molecule has 2 fully saturated rings. The van der Waals surface area contributed by atoms with Gasteiger partial charge in [0.2, 0.25) is 0 Å². The number of esters is 3. The molecule has 2 saturated heterocycles. The fraction of sp³-hybridized carbons (Fsp3) is 0.810. The molecule has 58 heavy (non-hydrogen) atoms. The summed E-state index contributed by atoms with van der Waals surface area (Å²) >= 11 is 0. The van der Waals surface area contributed by atoms with Crippen molar-refractivity contribution in [3.8, 4) is 0 Å². The van der Waals surface area contributed by atoms with Gasteiger partial charge in [0.05, 0.1) is 36.9 Å². The van der Waals surface area contributed by atoms with Gasteiger partial charge in [-0.05, 0) is 66.5 Å². The van der Waals surface area contributed by atoms with Gasteiger partial charge in [-0.3, -0.25) is 14.4 Å². The van der Waals surface area contributed by atoms with E-state index >= 15 is 0 Å². The Morgan fingerprint density at radius 2 is 1.69 bits per heavy atom. The number of nitrogens with zero attached hydrogens (tertiary/aromatic N) is 1. The molecule has 0 saturated carbocycles. The SMILES string of the molecule is CCCC(=O)O[C@H]1[C@H](C)O[C@@H](O[C@H]2[C@H](N(C)C)[C@@H](O)[C@H](O[C@H]3[C@@H](CC=O)C[C@@H](C)[C@@H](O)/C=C/C=C/C[C@@H](C)OC(=O)C[C@@H](OC(=O)CC)[C@@H]3OC)O[C@@H]2C)C[C@@]1(C)O. The second-order valence-corrected chi connectivity index (χ2v) is 16.3. The number of methoxy groups -OCH3 is 1. The third-order valence-corrected chi connectivity index (χ3v) is 11.1. The van der Waals surface area contributed by atoms with E-state index in [1.54, 1.807) is 71.8 Å². The van der Waals surface area contributed by atoms with E-state index in [1.165, 1.54) is 7.11 Å². The molecule has 0 amide bonds. The number of ether oxygens (including phenoxy) is 8. The zero-order valence-corrected chi connectivity index (χ0v) is 35.9. The monoisotopic (exact) mass is 827 g/mol. The van der Waals surface area contributed by atoms with Crippen molar-refractivity contribution in [2.75, 3.05) is 21.2 Å². The van der Waals surface area contributed by atoms with E-state index < -0.39 is 121 Å². The number of hydrogen-bond acceptors (Lipinski definition) is 16. The number of aliphatic hydroxyl groups is 3. The molecule has 3 rings (SSSR count). The summed E-state index contributed by atoms with van der Waals surface area (Å²) in [7, 11) is 4.87. The van der Waals surface area contributed by atoms with Crippen molar-refractivity contribution in [1.29, 1.82) is 0 Å². The van der Waals surface area contributed by atoms with Gasteiger partial charge in [-0.2, -0.15) is 0 Å². The first-order valence-corrected chi connectivity index (χ1v) is 20.6. The molecule has 3 N–H and O–H groups in total. The zero-order chi connectivity index (χ0) is 43.3. The molecule has 16 atom stereocenters. The lowest BCUT2D eigenvalue weighted by Crippen LogP contribution is -2.66. The van der Waals surface area contributed by atoms with Gasteiger partial charge >= 0.3 is 17.9 Å². The minimum Gasteiger partial charge on any atom is -0.462 e. The van der Waals surface area contributed by atoms with Gasteiger partial charge in [0.15, 0.2) is 18.7 Å². The third-order valence-electron chi connectivity index (χ3n) is 11.1. The molecule has 3 aliphatic heterocycles. The average Bonchev–Trinajstić information content (AvgIpc) is 3.13. The van der Waals surface area contributed by atoms with Crippen molar-refractivity contribution >= 4 is 24.2 Å². The molecule has 0 unspecified atom stereocenters. The Morgan fingerprint density at radius 3 is 2.29 bits per heavy atom. The largest absolute Gasteiger partial charge is 0.462 e. The van der Waals surface area contributed by atoms with Crippen molar-refractivity contribution in [3.05, 3.63) is 24.3 Å². The van der Waals surface area contributed by atoms with Gasteiger partial charge < -0.3 is 62.9 Å². The molecular weight excluding hydrogens is 758 g/mol. The standard InChI is InChI=1S/C42H69NO15/c1-11-16-32(47)56-40-27(6)53-34(23-42(40,7)50)57-37-26(5)54-41(36(49)35(37)43(8)9)58-38-28(19-20-44)21-24(3)29(45)18-15-13-14-17-25(4)52-33(48)22-30(39(38)51-10)55-31(46)12-2/h13-15,18,20,24-30,34-41,45,49-50H,11-12,16-17,19,21-23H2,1-10H3/b14-13+,18-15+/t24-,25-,26-,27+,28+,29+,30-,34+,35-,36-,37-,38+,39+,40+,41+,42-/m1/s1. The highest BCUT2D eigenvalue weighted by Crippen LogP contribution is 2.38. The molecule has 16 heteroatoms. The molecule has 16 nitrogen and oxygen atoms in total. The van der Waals surface area contributed by atoms with Crippen LogP contribution in [-0.4, -0.2) is 151 Å². The maximum absolute atomic E-state index is 13.3. The van der Waals surface area contributed by atoms with Gasteiger partial charge in [0.1, 0.15) is 42.4 Å². The van der Waals surface area contributed by atoms with Crippen LogP contribution in [0.25, 0.3) is 0 Å². The van der Waals surface area contributed by atoms with Gasteiger partial charge in [-0.25, -0.2) is 0 Å². The molecule has 0 aromatic heterocycles. The van der Waals surface area contributed by atoms with E-state index in [0.29, 0.717) is 12.8 Å². The number of aldehydes is 1. The van der Waals surface area contributed by atoms with E-state index in [9.17, 15) is 34.5 Å². The molecule has 0 spiro atoms. The molecule has 0 aromatic carbocycles.